The average molecular weight is 559 g/mol. The van der Waals surface area contributed by atoms with E-state index in [1.807, 2.05) is 49.4 Å². The summed E-state index contributed by atoms with van der Waals surface area (Å²) in [6.45, 7) is 5.16. The number of rotatable bonds is 12. The van der Waals surface area contributed by atoms with Gasteiger partial charge in [0.25, 0.3) is 0 Å². The Morgan fingerprint density at radius 1 is 0.951 bits per heavy atom. The Kier molecular flexibility index (Phi) is 11.1. The summed E-state index contributed by atoms with van der Waals surface area (Å²) in [5.41, 5.74) is 5.20. The number of ether oxygens (including phenoxy) is 2. The van der Waals surface area contributed by atoms with Crippen LogP contribution in [-0.2, 0) is 22.6 Å². The monoisotopic (exact) mass is 558 g/mol. The highest BCUT2D eigenvalue weighted by Gasteiger charge is 2.25. The van der Waals surface area contributed by atoms with Crippen molar-refractivity contribution in [3.8, 4) is 11.5 Å². The number of aromatic hydroxyl groups is 2. The van der Waals surface area contributed by atoms with Crippen LogP contribution in [0.1, 0.15) is 81.0 Å². The maximum absolute atomic E-state index is 11.2. The molecule has 6 nitrogen and oxygen atoms in total. The first-order chi connectivity index (χ1) is 20.0. The lowest BCUT2D eigenvalue weighted by Crippen LogP contribution is -2.49. The van der Waals surface area contributed by atoms with Gasteiger partial charge in [-0.05, 0) is 32.6 Å². The normalized spacial score (nSPS) is 19.9. The Labute approximate surface area is 245 Å². The van der Waals surface area contributed by atoms with Gasteiger partial charge in [-0.25, -0.2) is 0 Å². The van der Waals surface area contributed by atoms with Crippen LogP contribution in [-0.4, -0.2) is 36.5 Å². The lowest BCUT2D eigenvalue weighted by atomic mass is 9.89. The van der Waals surface area contributed by atoms with E-state index >= 15 is 0 Å². The van der Waals surface area contributed by atoms with Crippen LogP contribution in [0.25, 0.3) is 11.1 Å². The quantitative estimate of drug-likeness (QED) is 0.161. The van der Waals surface area contributed by atoms with Gasteiger partial charge in [-0.1, -0.05) is 80.5 Å². The van der Waals surface area contributed by atoms with Crippen LogP contribution in [0.5, 0.6) is 11.5 Å². The van der Waals surface area contributed by atoms with E-state index < -0.39 is 0 Å². The summed E-state index contributed by atoms with van der Waals surface area (Å²) in [6, 6.07) is 12.4. The molecule has 2 atom stereocenters. The van der Waals surface area contributed by atoms with Gasteiger partial charge in [0, 0.05) is 65.0 Å². The molecular formula is C35H46N2O4. The molecule has 4 N–H and O–H groups in total. The van der Waals surface area contributed by atoms with Crippen molar-refractivity contribution in [2.24, 2.45) is 0 Å². The van der Waals surface area contributed by atoms with Gasteiger partial charge in [-0.3, -0.25) is 0 Å². The molecule has 0 saturated heterocycles. The third-order valence-corrected chi connectivity index (χ3v) is 8.27. The fraction of sp³-hybridized carbons (Fsp3) is 0.429. The van der Waals surface area contributed by atoms with Gasteiger partial charge in [0.15, 0.2) is 0 Å². The van der Waals surface area contributed by atoms with E-state index in [0.29, 0.717) is 18.8 Å². The molecule has 0 aliphatic heterocycles. The van der Waals surface area contributed by atoms with Crippen LogP contribution in [0.4, 0.5) is 0 Å². The molecule has 1 unspecified atom stereocenters. The summed E-state index contributed by atoms with van der Waals surface area (Å²) in [4.78, 5) is 0. The lowest BCUT2D eigenvalue weighted by Gasteiger charge is -2.33. The molecule has 2 aliphatic carbocycles. The molecule has 220 valence electrons. The lowest BCUT2D eigenvalue weighted by molar-refractivity contribution is 0.278. The standard InChI is InChI=1S/C35H46N2O4/c1-5-6-15-27(24(2)40-3)29-17-11-13-25(34(29)38)22-36-31-19-8-9-20-32(31)37-23-26-14-12-18-30(35(26)39)28-16-7-10-21-33(28)41-4/h6-7,11-18,31-32,36-39H,5,8-10,19-23H2,1-4H3/b15-6-,27-24-/t31-,32?/m0/s1. The number of methoxy groups -OCH3 is 2. The molecule has 0 radical (unpaired) electrons. The number of phenols is 2. The second-order valence-electron chi connectivity index (χ2n) is 10.9. The maximum atomic E-state index is 11.2. The number of para-hydroxylation sites is 2. The predicted molar refractivity (Wildman–Crippen MR) is 167 cm³/mol. The van der Waals surface area contributed by atoms with Gasteiger partial charge in [0.05, 0.1) is 14.2 Å². The van der Waals surface area contributed by atoms with Crippen molar-refractivity contribution in [1.29, 1.82) is 0 Å². The predicted octanol–water partition coefficient (Wildman–Crippen LogP) is 7.34. The molecule has 0 heterocycles. The molecule has 1 fully saturated rings. The van der Waals surface area contributed by atoms with E-state index in [4.69, 9.17) is 9.47 Å². The molecule has 41 heavy (non-hydrogen) atoms. The molecule has 4 rings (SSSR count). The minimum Gasteiger partial charge on any atom is -0.507 e. The molecule has 2 aromatic carbocycles. The molecular weight excluding hydrogens is 512 g/mol. The van der Waals surface area contributed by atoms with Crippen molar-refractivity contribution in [3.63, 3.8) is 0 Å². The van der Waals surface area contributed by atoms with Gasteiger partial charge in [-0.2, -0.15) is 0 Å². The largest absolute Gasteiger partial charge is 0.507 e. The zero-order valence-electron chi connectivity index (χ0n) is 25.0. The van der Waals surface area contributed by atoms with Crippen molar-refractivity contribution in [2.45, 2.75) is 84.0 Å². The number of hydrogen-bond donors (Lipinski definition) is 4. The molecule has 0 spiro atoms. The van der Waals surface area contributed by atoms with Crippen LogP contribution >= 0.6 is 0 Å². The Bertz CT molecular complexity index is 1310. The highest BCUT2D eigenvalue weighted by Crippen LogP contribution is 2.36. The molecule has 0 amide bonds. The van der Waals surface area contributed by atoms with Crippen LogP contribution in [0.2, 0.25) is 0 Å². The average Bonchev–Trinajstić information content (AvgIpc) is 3.01. The summed E-state index contributed by atoms with van der Waals surface area (Å²) >= 11 is 0. The van der Waals surface area contributed by atoms with Crippen molar-refractivity contribution >= 4 is 11.1 Å². The summed E-state index contributed by atoms with van der Waals surface area (Å²) < 4.78 is 11.1. The van der Waals surface area contributed by atoms with E-state index in [2.05, 4.69) is 35.8 Å². The Morgan fingerprint density at radius 3 is 2.24 bits per heavy atom. The first kappa shape index (κ1) is 30.5. The van der Waals surface area contributed by atoms with Crippen LogP contribution in [0.15, 0.2) is 72.2 Å². The van der Waals surface area contributed by atoms with E-state index in [9.17, 15) is 10.2 Å². The van der Waals surface area contributed by atoms with Crippen LogP contribution < -0.4 is 10.6 Å². The molecule has 2 aromatic rings. The maximum Gasteiger partial charge on any atom is 0.128 e. The third-order valence-electron chi connectivity index (χ3n) is 8.27. The smallest absolute Gasteiger partial charge is 0.128 e. The molecule has 2 aliphatic rings. The van der Waals surface area contributed by atoms with Gasteiger partial charge in [0.1, 0.15) is 23.0 Å². The summed E-state index contributed by atoms with van der Waals surface area (Å²) in [6.07, 6.45) is 15.5. The van der Waals surface area contributed by atoms with Gasteiger partial charge >= 0.3 is 0 Å². The topological polar surface area (TPSA) is 83.0 Å². The number of allylic oxidation sites excluding steroid dienone is 8. The van der Waals surface area contributed by atoms with Crippen molar-refractivity contribution in [1.82, 2.24) is 10.6 Å². The SMILES string of the molecule is CC/C=C\C(=C(/C)OC)c1cccc(CN[C@H]2CCCCC2NCc2cccc(C3=C(OC)CCC=C3)c2O)c1O. The van der Waals surface area contributed by atoms with Crippen LogP contribution in [0, 0.1) is 0 Å². The Hall–Kier alpha value is -3.48. The zero-order valence-corrected chi connectivity index (χ0v) is 25.0. The number of phenolic OH excluding ortho intramolecular Hbond substituents is 2. The Morgan fingerprint density at radius 2 is 1.61 bits per heavy atom. The first-order valence-corrected chi connectivity index (χ1v) is 14.9. The summed E-state index contributed by atoms with van der Waals surface area (Å²) in [7, 11) is 3.36. The fourth-order valence-corrected chi connectivity index (χ4v) is 5.84. The second kappa shape index (κ2) is 14.9. The highest BCUT2D eigenvalue weighted by molar-refractivity contribution is 5.81. The van der Waals surface area contributed by atoms with Crippen molar-refractivity contribution in [3.05, 3.63) is 94.5 Å². The first-order valence-electron chi connectivity index (χ1n) is 14.9. The van der Waals surface area contributed by atoms with E-state index in [1.165, 1.54) is 12.8 Å². The Balaban J connectivity index is 1.46. The molecule has 0 bridgehead atoms. The summed E-state index contributed by atoms with van der Waals surface area (Å²) in [5, 5.41) is 29.9. The van der Waals surface area contributed by atoms with E-state index in [0.717, 1.165) is 77.0 Å². The summed E-state index contributed by atoms with van der Waals surface area (Å²) in [5.74, 6) is 2.28. The van der Waals surface area contributed by atoms with Gasteiger partial charge < -0.3 is 30.3 Å². The second-order valence-corrected chi connectivity index (χ2v) is 10.9. The molecule has 0 aromatic heterocycles. The van der Waals surface area contributed by atoms with Crippen molar-refractivity contribution < 1.29 is 19.7 Å². The van der Waals surface area contributed by atoms with Crippen molar-refractivity contribution in [2.75, 3.05) is 14.2 Å². The van der Waals surface area contributed by atoms with Crippen LogP contribution in [0.3, 0.4) is 0 Å². The minimum absolute atomic E-state index is 0.261. The molecule has 1 saturated carbocycles. The molecule has 6 heteroatoms. The highest BCUT2D eigenvalue weighted by atomic mass is 16.5. The number of nitrogens with one attached hydrogen (secondary N) is 2. The number of hydrogen-bond acceptors (Lipinski definition) is 6. The van der Waals surface area contributed by atoms with E-state index in [1.54, 1.807) is 14.2 Å². The number of benzene rings is 2. The van der Waals surface area contributed by atoms with E-state index in [-0.39, 0.29) is 17.8 Å². The fourth-order valence-electron chi connectivity index (χ4n) is 5.84. The van der Waals surface area contributed by atoms with Gasteiger partial charge in [-0.15, -0.1) is 0 Å². The zero-order chi connectivity index (χ0) is 29.2. The third kappa shape index (κ3) is 7.43. The minimum atomic E-state index is 0.261. The van der Waals surface area contributed by atoms with Gasteiger partial charge in [0.2, 0.25) is 0 Å².